The first kappa shape index (κ1) is 16.3. The number of nitrogens with two attached hydrogens (primary N) is 2. The lowest BCUT2D eigenvalue weighted by atomic mass is 10.1. The summed E-state index contributed by atoms with van der Waals surface area (Å²) in [5.41, 5.74) is 13.0. The van der Waals surface area contributed by atoms with Gasteiger partial charge in [-0.3, -0.25) is 0 Å². The summed E-state index contributed by atoms with van der Waals surface area (Å²) in [5, 5.41) is 0. The minimum Gasteiger partial charge on any atom is -0.498 e. The van der Waals surface area contributed by atoms with E-state index in [1.807, 2.05) is 36.4 Å². The van der Waals surface area contributed by atoms with Crippen LogP contribution in [0.5, 0.6) is 5.75 Å². The Morgan fingerprint density at radius 1 is 0.773 bits per heavy atom. The second-order valence-electron chi connectivity index (χ2n) is 5.55. The second-order valence-corrected chi connectivity index (χ2v) is 5.55. The van der Waals surface area contributed by atoms with Gasteiger partial charge in [0.2, 0.25) is 0 Å². The molecule has 1 aromatic carbocycles. The van der Waals surface area contributed by atoms with Crippen molar-refractivity contribution in [1.82, 2.24) is 0 Å². The first-order valence-electron chi connectivity index (χ1n) is 8.00. The lowest BCUT2D eigenvalue weighted by Gasteiger charge is -2.13. The molecule has 0 atom stereocenters. The van der Waals surface area contributed by atoms with Crippen LogP contribution in [0.4, 0.5) is 5.69 Å². The summed E-state index contributed by atoms with van der Waals surface area (Å²) in [4.78, 5) is 0. The molecule has 1 aliphatic rings. The maximum Gasteiger partial charge on any atom is 0.119 e. The van der Waals surface area contributed by atoms with Crippen LogP contribution in [-0.4, -0.2) is 13.2 Å². The van der Waals surface area contributed by atoms with Gasteiger partial charge in [0.25, 0.3) is 0 Å². The van der Waals surface area contributed by atoms with Crippen LogP contribution >= 0.6 is 0 Å². The van der Waals surface area contributed by atoms with Gasteiger partial charge < -0.3 is 20.9 Å². The smallest absolute Gasteiger partial charge is 0.119 e. The van der Waals surface area contributed by atoms with E-state index >= 15 is 0 Å². The van der Waals surface area contributed by atoms with Gasteiger partial charge in [0.1, 0.15) is 5.75 Å². The second kappa shape index (κ2) is 9.03. The summed E-state index contributed by atoms with van der Waals surface area (Å²) >= 11 is 0. The number of rotatable bonds is 9. The highest BCUT2D eigenvalue weighted by atomic mass is 16.5. The third kappa shape index (κ3) is 6.12. The van der Waals surface area contributed by atoms with Gasteiger partial charge in [-0.25, -0.2) is 0 Å². The molecular weight excluding hydrogens is 276 g/mol. The molecule has 0 saturated heterocycles. The Kier molecular flexibility index (Phi) is 6.68. The van der Waals surface area contributed by atoms with Crippen molar-refractivity contribution in [3.05, 3.63) is 47.9 Å². The highest BCUT2D eigenvalue weighted by Crippen LogP contribution is 2.17. The van der Waals surface area contributed by atoms with Crippen molar-refractivity contribution in [2.24, 2.45) is 5.73 Å². The van der Waals surface area contributed by atoms with Crippen molar-refractivity contribution >= 4 is 5.69 Å². The van der Waals surface area contributed by atoms with E-state index in [9.17, 15) is 0 Å². The molecule has 1 aliphatic carbocycles. The van der Waals surface area contributed by atoms with Gasteiger partial charge >= 0.3 is 0 Å². The van der Waals surface area contributed by atoms with Crippen molar-refractivity contribution in [1.29, 1.82) is 0 Å². The molecule has 22 heavy (non-hydrogen) atoms. The monoisotopic (exact) mass is 302 g/mol. The fourth-order valence-electron chi connectivity index (χ4n) is 2.27. The number of unbranched alkanes of at least 4 members (excludes halogenated alkanes) is 3. The maximum atomic E-state index is 5.74. The maximum absolute atomic E-state index is 5.74. The number of hydrogen-bond acceptors (Lipinski definition) is 4. The van der Waals surface area contributed by atoms with Crippen LogP contribution in [0, 0.1) is 0 Å². The van der Waals surface area contributed by atoms with Crippen LogP contribution in [0.3, 0.4) is 0 Å². The van der Waals surface area contributed by atoms with Crippen molar-refractivity contribution in [3.8, 4) is 5.75 Å². The van der Waals surface area contributed by atoms with Crippen molar-refractivity contribution < 1.29 is 9.47 Å². The van der Waals surface area contributed by atoms with Gasteiger partial charge in [-0.05, 0) is 68.5 Å². The Bertz CT molecular complexity index is 506. The zero-order valence-electron chi connectivity index (χ0n) is 13.1. The van der Waals surface area contributed by atoms with Crippen LogP contribution in [-0.2, 0) is 4.74 Å². The zero-order valence-corrected chi connectivity index (χ0v) is 13.1. The van der Waals surface area contributed by atoms with E-state index in [1.54, 1.807) is 0 Å². The van der Waals surface area contributed by atoms with Crippen molar-refractivity contribution in [2.75, 3.05) is 18.9 Å². The fourth-order valence-corrected chi connectivity index (χ4v) is 2.27. The van der Waals surface area contributed by atoms with Gasteiger partial charge in [0, 0.05) is 17.8 Å². The van der Waals surface area contributed by atoms with Gasteiger partial charge in [-0.1, -0.05) is 0 Å². The number of ether oxygens (including phenoxy) is 2. The topological polar surface area (TPSA) is 70.5 Å². The summed E-state index contributed by atoms with van der Waals surface area (Å²) in [6, 6.07) is 7.52. The van der Waals surface area contributed by atoms with Crippen LogP contribution < -0.4 is 16.2 Å². The molecule has 0 radical (unpaired) electrons. The summed E-state index contributed by atoms with van der Waals surface area (Å²) in [6.45, 7) is 1.54. The summed E-state index contributed by atoms with van der Waals surface area (Å²) < 4.78 is 11.4. The lowest BCUT2D eigenvalue weighted by Crippen LogP contribution is -2.04. The molecule has 0 aliphatic heterocycles. The molecule has 120 valence electrons. The standard InChI is InChI=1S/C18H26N2O2/c19-15-5-9-17(10-6-15)21-13-3-1-2-4-14-22-18-11-7-16(20)8-12-18/h5-7,9-11H,1-4,8,12-14,19-20H2. The normalized spacial score (nSPS) is 14.2. The van der Waals surface area contributed by atoms with E-state index < -0.39 is 0 Å². The van der Waals surface area contributed by atoms with Gasteiger partial charge in [-0.2, -0.15) is 0 Å². The number of anilines is 1. The van der Waals surface area contributed by atoms with Crippen molar-refractivity contribution in [2.45, 2.75) is 38.5 Å². The van der Waals surface area contributed by atoms with Gasteiger partial charge in [-0.15, -0.1) is 0 Å². The average Bonchev–Trinajstić information content (AvgIpc) is 2.53. The molecule has 2 rings (SSSR count). The highest BCUT2D eigenvalue weighted by Gasteiger charge is 2.04. The fraction of sp³-hybridized carbons (Fsp3) is 0.444. The number of allylic oxidation sites excluding steroid dienone is 4. The minimum absolute atomic E-state index is 0.750. The Labute approximate surface area is 132 Å². The van der Waals surface area contributed by atoms with Crippen LogP contribution in [0.25, 0.3) is 0 Å². The van der Waals surface area contributed by atoms with Gasteiger partial charge in [0.05, 0.1) is 19.0 Å². The SMILES string of the molecule is NC1=CC=C(OCCCCCCOc2ccc(N)cc2)CC1. The average molecular weight is 302 g/mol. The molecule has 4 heteroatoms. The summed E-state index contributed by atoms with van der Waals surface area (Å²) in [5.74, 6) is 1.94. The molecule has 0 heterocycles. The largest absolute Gasteiger partial charge is 0.498 e. The molecule has 0 spiro atoms. The van der Waals surface area contributed by atoms with E-state index in [-0.39, 0.29) is 0 Å². The summed E-state index contributed by atoms with van der Waals surface area (Å²) in [7, 11) is 0. The van der Waals surface area contributed by atoms with E-state index in [2.05, 4.69) is 0 Å². The molecule has 0 fully saturated rings. The molecule has 0 bridgehead atoms. The molecule has 0 amide bonds. The molecule has 0 unspecified atom stereocenters. The van der Waals surface area contributed by atoms with Gasteiger partial charge in [0.15, 0.2) is 0 Å². The quantitative estimate of drug-likeness (QED) is 0.538. The Morgan fingerprint density at radius 2 is 1.45 bits per heavy atom. The van der Waals surface area contributed by atoms with E-state index in [1.165, 1.54) is 0 Å². The first-order valence-corrected chi connectivity index (χ1v) is 8.00. The Balaban J connectivity index is 1.45. The lowest BCUT2D eigenvalue weighted by molar-refractivity contribution is 0.193. The highest BCUT2D eigenvalue weighted by molar-refractivity contribution is 5.41. The number of nitrogen functional groups attached to an aromatic ring is 1. The van der Waals surface area contributed by atoms with E-state index in [0.29, 0.717) is 0 Å². The van der Waals surface area contributed by atoms with Crippen molar-refractivity contribution in [3.63, 3.8) is 0 Å². The predicted molar refractivity (Wildman–Crippen MR) is 90.4 cm³/mol. The molecule has 1 aromatic rings. The minimum atomic E-state index is 0.750. The van der Waals surface area contributed by atoms with Crippen LogP contribution in [0.1, 0.15) is 38.5 Å². The Hall–Kier alpha value is -2.10. The predicted octanol–water partition coefficient (Wildman–Crippen LogP) is 3.74. The van der Waals surface area contributed by atoms with Crippen LogP contribution in [0.15, 0.2) is 47.9 Å². The third-order valence-corrected chi connectivity index (χ3v) is 3.62. The molecule has 4 N–H and O–H groups in total. The van der Waals surface area contributed by atoms with E-state index in [4.69, 9.17) is 20.9 Å². The number of hydrogen-bond donors (Lipinski definition) is 2. The number of benzene rings is 1. The molecule has 0 aromatic heterocycles. The molecular formula is C18H26N2O2. The zero-order chi connectivity index (χ0) is 15.6. The molecule has 0 saturated carbocycles. The van der Waals surface area contributed by atoms with E-state index in [0.717, 1.165) is 74.6 Å². The third-order valence-electron chi connectivity index (χ3n) is 3.62. The Morgan fingerprint density at radius 3 is 2.09 bits per heavy atom. The first-order chi connectivity index (χ1) is 10.7. The van der Waals surface area contributed by atoms with Crippen LogP contribution in [0.2, 0.25) is 0 Å². The molecule has 4 nitrogen and oxygen atoms in total. The summed E-state index contributed by atoms with van der Waals surface area (Å²) in [6.07, 6.45) is 10.2.